The van der Waals surface area contributed by atoms with Crippen LogP contribution in [0.2, 0.25) is 0 Å². The molecule has 1 aromatic carbocycles. The minimum absolute atomic E-state index is 0.0899. The highest BCUT2D eigenvalue weighted by molar-refractivity contribution is 7.95. The average molecular weight is 297 g/mol. The standard InChI is InChI=1S/C7H7NO8S2/c1-8-4-2-3-5(9)7-6(4)14-17(10,11)16-18(12,13)15-7/h2-3,8-9H,1H3. The molecule has 0 spiro atoms. The third kappa shape index (κ3) is 2.27. The van der Waals surface area contributed by atoms with Gasteiger partial charge < -0.3 is 18.8 Å². The number of phenols is 1. The highest BCUT2D eigenvalue weighted by Crippen LogP contribution is 2.45. The molecule has 0 unspecified atom stereocenters. The lowest BCUT2D eigenvalue weighted by Crippen LogP contribution is -2.18. The summed E-state index contributed by atoms with van der Waals surface area (Å²) in [7, 11) is -8.31. The van der Waals surface area contributed by atoms with Crippen molar-refractivity contribution in [1.29, 1.82) is 0 Å². The molecule has 18 heavy (non-hydrogen) atoms. The Morgan fingerprint density at radius 2 is 1.61 bits per heavy atom. The zero-order chi connectivity index (χ0) is 13.6. The molecule has 1 heterocycles. The fourth-order valence-corrected chi connectivity index (χ4v) is 3.02. The summed E-state index contributed by atoms with van der Waals surface area (Å²) in [6.45, 7) is 0. The Kier molecular flexibility index (Phi) is 2.76. The first-order valence-electron chi connectivity index (χ1n) is 4.38. The van der Waals surface area contributed by atoms with E-state index in [1.54, 1.807) is 0 Å². The van der Waals surface area contributed by atoms with E-state index in [1.165, 1.54) is 13.1 Å². The van der Waals surface area contributed by atoms with Crippen LogP contribution in [-0.4, -0.2) is 29.0 Å². The molecule has 0 aromatic heterocycles. The van der Waals surface area contributed by atoms with Gasteiger partial charge >= 0.3 is 20.8 Å². The molecule has 0 saturated carbocycles. The second kappa shape index (κ2) is 3.90. The highest BCUT2D eigenvalue weighted by Gasteiger charge is 2.36. The van der Waals surface area contributed by atoms with Crippen LogP contribution in [0.5, 0.6) is 17.2 Å². The van der Waals surface area contributed by atoms with Gasteiger partial charge in [-0.2, -0.15) is 16.8 Å². The summed E-state index contributed by atoms with van der Waals surface area (Å²) >= 11 is 0. The van der Waals surface area contributed by atoms with Gasteiger partial charge in [0.25, 0.3) is 0 Å². The first-order chi connectivity index (χ1) is 8.24. The molecule has 1 aromatic rings. The number of hydrogen-bond acceptors (Lipinski definition) is 9. The number of rotatable bonds is 1. The fourth-order valence-electron chi connectivity index (χ4n) is 1.25. The van der Waals surface area contributed by atoms with Crippen molar-refractivity contribution in [2.75, 3.05) is 12.4 Å². The van der Waals surface area contributed by atoms with E-state index in [2.05, 4.69) is 17.3 Å². The molecule has 0 fully saturated rings. The van der Waals surface area contributed by atoms with Gasteiger partial charge in [-0.1, -0.05) is 3.63 Å². The van der Waals surface area contributed by atoms with Crippen LogP contribution in [0.3, 0.4) is 0 Å². The van der Waals surface area contributed by atoms with Crippen LogP contribution < -0.4 is 13.7 Å². The molecule has 11 heteroatoms. The summed E-state index contributed by atoms with van der Waals surface area (Å²) in [6, 6.07) is 2.37. The number of fused-ring (bicyclic) bond motifs is 1. The zero-order valence-corrected chi connectivity index (χ0v) is 10.4. The van der Waals surface area contributed by atoms with E-state index in [0.29, 0.717) is 0 Å². The van der Waals surface area contributed by atoms with Crippen molar-refractivity contribution in [2.24, 2.45) is 0 Å². The minimum atomic E-state index is -4.89. The zero-order valence-electron chi connectivity index (χ0n) is 8.78. The molecule has 2 N–H and O–H groups in total. The average Bonchev–Trinajstić information content (AvgIpc) is 2.31. The molecule has 0 radical (unpaired) electrons. The van der Waals surface area contributed by atoms with Crippen molar-refractivity contribution in [3.63, 3.8) is 0 Å². The monoisotopic (exact) mass is 297 g/mol. The van der Waals surface area contributed by atoms with Crippen LogP contribution >= 0.6 is 0 Å². The lowest BCUT2D eigenvalue weighted by Gasteiger charge is -2.09. The highest BCUT2D eigenvalue weighted by atomic mass is 32.3. The van der Waals surface area contributed by atoms with Crippen LogP contribution in [0.25, 0.3) is 0 Å². The second-order valence-corrected chi connectivity index (χ2v) is 5.60. The Bertz CT molecular complexity index is 692. The lowest BCUT2D eigenvalue weighted by atomic mass is 10.2. The molecule has 1 aliphatic heterocycles. The van der Waals surface area contributed by atoms with Crippen molar-refractivity contribution in [2.45, 2.75) is 0 Å². The van der Waals surface area contributed by atoms with Gasteiger partial charge in [0.2, 0.25) is 11.5 Å². The summed E-state index contributed by atoms with van der Waals surface area (Å²) in [5.41, 5.74) is 0.0899. The topological polar surface area (TPSA) is 128 Å². The van der Waals surface area contributed by atoms with Gasteiger partial charge in [0.1, 0.15) is 0 Å². The summed E-state index contributed by atoms with van der Waals surface area (Å²) in [6.07, 6.45) is 0. The van der Waals surface area contributed by atoms with E-state index in [-0.39, 0.29) is 5.69 Å². The normalized spacial score (nSPS) is 19.8. The second-order valence-electron chi connectivity index (χ2n) is 3.09. The maximum atomic E-state index is 11.2. The summed E-state index contributed by atoms with van der Waals surface area (Å²) in [5, 5.41) is 12.0. The molecule has 0 atom stereocenters. The molecule has 2 rings (SSSR count). The van der Waals surface area contributed by atoms with Gasteiger partial charge in [0, 0.05) is 7.05 Å². The molecule has 100 valence electrons. The minimum Gasteiger partial charge on any atom is -0.504 e. The number of nitrogens with one attached hydrogen (secondary N) is 1. The largest absolute Gasteiger partial charge is 0.504 e. The number of aromatic hydroxyl groups is 1. The predicted octanol–water partition coefficient (Wildman–Crippen LogP) is -0.289. The van der Waals surface area contributed by atoms with Gasteiger partial charge in [-0.15, -0.1) is 0 Å². The third-order valence-electron chi connectivity index (χ3n) is 1.90. The van der Waals surface area contributed by atoms with Crippen molar-refractivity contribution >= 4 is 26.5 Å². The van der Waals surface area contributed by atoms with E-state index < -0.39 is 38.0 Å². The lowest BCUT2D eigenvalue weighted by molar-refractivity contribution is 0.368. The third-order valence-corrected chi connectivity index (χ3v) is 3.97. The summed E-state index contributed by atoms with van der Waals surface area (Å²) in [5.74, 6) is -1.81. The quantitative estimate of drug-likeness (QED) is 0.672. The predicted molar refractivity (Wildman–Crippen MR) is 57.8 cm³/mol. The van der Waals surface area contributed by atoms with Crippen LogP contribution in [0, 0.1) is 0 Å². The van der Waals surface area contributed by atoms with E-state index in [0.717, 1.165) is 6.07 Å². The van der Waals surface area contributed by atoms with E-state index in [4.69, 9.17) is 0 Å². The van der Waals surface area contributed by atoms with Crippen molar-refractivity contribution in [3.8, 4) is 17.2 Å². The molecular formula is C7H7NO8S2. The van der Waals surface area contributed by atoms with E-state index in [1.807, 2.05) is 0 Å². The number of anilines is 1. The Balaban J connectivity index is 2.76. The van der Waals surface area contributed by atoms with Crippen LogP contribution in [-0.2, 0) is 24.4 Å². The number of benzene rings is 1. The Morgan fingerprint density at radius 1 is 1.06 bits per heavy atom. The first-order valence-corrected chi connectivity index (χ1v) is 7.04. The molecule has 0 amide bonds. The Labute approximate surface area is 103 Å². The molecular weight excluding hydrogens is 290 g/mol. The molecule has 1 aliphatic rings. The van der Waals surface area contributed by atoms with Crippen LogP contribution in [0.15, 0.2) is 12.1 Å². The number of phenolic OH excluding ortho intramolecular Hbond substituents is 1. The molecule has 9 nitrogen and oxygen atoms in total. The Hall–Kier alpha value is -1.72. The Morgan fingerprint density at radius 3 is 2.17 bits per heavy atom. The van der Waals surface area contributed by atoms with Crippen molar-refractivity contribution < 1.29 is 33.9 Å². The van der Waals surface area contributed by atoms with Crippen molar-refractivity contribution in [3.05, 3.63) is 12.1 Å². The van der Waals surface area contributed by atoms with Crippen LogP contribution in [0.4, 0.5) is 5.69 Å². The van der Waals surface area contributed by atoms with Gasteiger partial charge in [0.15, 0.2) is 5.75 Å². The first kappa shape index (κ1) is 12.7. The summed E-state index contributed by atoms with van der Waals surface area (Å²) in [4.78, 5) is 0. The van der Waals surface area contributed by atoms with Gasteiger partial charge in [-0.05, 0) is 12.1 Å². The van der Waals surface area contributed by atoms with Crippen LogP contribution in [0.1, 0.15) is 0 Å². The van der Waals surface area contributed by atoms with Gasteiger partial charge in [0.05, 0.1) is 5.69 Å². The molecule has 0 saturated heterocycles. The molecule has 0 aliphatic carbocycles. The maximum Gasteiger partial charge on any atom is 0.466 e. The van der Waals surface area contributed by atoms with Gasteiger partial charge in [-0.3, -0.25) is 0 Å². The van der Waals surface area contributed by atoms with Gasteiger partial charge in [-0.25, -0.2) is 0 Å². The van der Waals surface area contributed by atoms with E-state index >= 15 is 0 Å². The van der Waals surface area contributed by atoms with E-state index in [9.17, 15) is 21.9 Å². The number of hydrogen-bond donors (Lipinski definition) is 2. The maximum absolute atomic E-state index is 11.2. The fraction of sp³-hybridized carbons (Fsp3) is 0.143. The van der Waals surface area contributed by atoms with Crippen molar-refractivity contribution in [1.82, 2.24) is 0 Å². The smallest absolute Gasteiger partial charge is 0.466 e. The molecule has 0 bridgehead atoms. The summed E-state index contributed by atoms with van der Waals surface area (Å²) < 4.78 is 57.2. The SMILES string of the molecule is CNc1ccc(O)c2c1OS(=O)(=O)OS(=O)(=O)O2.